The molecule has 0 unspecified atom stereocenters. The van der Waals surface area contributed by atoms with Crippen molar-refractivity contribution in [3.05, 3.63) is 92.7 Å². The molecule has 0 spiro atoms. The van der Waals surface area contributed by atoms with E-state index in [0.29, 0.717) is 6.07 Å². The number of alkyl halides is 3. The van der Waals surface area contributed by atoms with Crippen LogP contribution in [0.3, 0.4) is 0 Å². The van der Waals surface area contributed by atoms with E-state index in [9.17, 15) is 35.2 Å². The van der Waals surface area contributed by atoms with Crippen LogP contribution in [0, 0.1) is 11.6 Å². The molecule has 2 aliphatic rings. The number of rotatable bonds is 2. The van der Waals surface area contributed by atoms with E-state index in [1.807, 2.05) is 0 Å². The number of anilines is 1. The fraction of sp³-hybridized carbons (Fsp3) is 0.130. The van der Waals surface area contributed by atoms with Crippen molar-refractivity contribution in [3.8, 4) is 5.69 Å². The van der Waals surface area contributed by atoms with E-state index in [2.05, 4.69) is 20.4 Å². The number of benzene rings is 2. The first kappa shape index (κ1) is 26.5. The molecule has 16 heteroatoms. The number of aliphatic imine (C=N–C) groups is 1. The summed E-state index contributed by atoms with van der Waals surface area (Å²) in [4.78, 5) is 22.0. The number of nitrogens with zero attached hydrogens (tertiary/aromatic N) is 5. The Morgan fingerprint density at radius 2 is 1.69 bits per heavy atom. The van der Waals surface area contributed by atoms with Crippen molar-refractivity contribution < 1.29 is 35.2 Å². The highest BCUT2D eigenvalue weighted by atomic mass is 35.5. The van der Waals surface area contributed by atoms with Crippen molar-refractivity contribution in [2.24, 2.45) is 4.99 Å². The molecule has 2 aliphatic heterocycles. The number of carbonyl (C=O) groups excluding carboxylic acids is 1. The molecule has 3 aromatic rings. The molecular weight excluding hydrogens is 571 g/mol. The van der Waals surface area contributed by atoms with E-state index >= 15 is 0 Å². The molecule has 5 rings (SSSR count). The summed E-state index contributed by atoms with van der Waals surface area (Å²) in [5.41, 5.74) is -3.02. The molecular formula is C23H14ClF5N6O3S. The van der Waals surface area contributed by atoms with E-state index in [1.54, 1.807) is 0 Å². The summed E-state index contributed by atoms with van der Waals surface area (Å²) in [6, 6.07) is 2.74. The van der Waals surface area contributed by atoms with E-state index in [-0.39, 0.29) is 17.5 Å². The number of amides is 2. The summed E-state index contributed by atoms with van der Waals surface area (Å²) in [6.07, 6.45) is -2.93. The highest BCUT2D eigenvalue weighted by Gasteiger charge is 2.38. The van der Waals surface area contributed by atoms with Crippen LogP contribution in [0.25, 0.3) is 5.69 Å². The minimum Gasteiger partial charge on any atom is -0.275 e. The Balaban J connectivity index is 1.66. The molecule has 39 heavy (non-hydrogen) atoms. The van der Waals surface area contributed by atoms with Crippen LogP contribution in [-0.4, -0.2) is 39.8 Å². The van der Waals surface area contributed by atoms with Gasteiger partial charge in [0.25, 0.3) is 5.95 Å². The van der Waals surface area contributed by atoms with Crippen molar-refractivity contribution in [2.75, 3.05) is 5.32 Å². The lowest BCUT2D eigenvalue weighted by molar-refractivity contribution is -0.137. The number of hydrogen-bond donors (Lipinski definition) is 1. The number of urea groups is 1. The zero-order valence-corrected chi connectivity index (χ0v) is 21.0. The maximum Gasteiger partial charge on any atom is 0.417 e. The summed E-state index contributed by atoms with van der Waals surface area (Å²) in [7, 11) is -3.60. The van der Waals surface area contributed by atoms with Crippen LogP contribution in [-0.2, 0) is 16.0 Å². The van der Waals surface area contributed by atoms with Crippen LogP contribution in [0.1, 0.15) is 35.5 Å². The molecule has 1 N–H and O–H groups in total. The summed E-state index contributed by atoms with van der Waals surface area (Å²) in [5, 5.41) is 7.21. The highest BCUT2D eigenvalue weighted by Crippen LogP contribution is 2.42. The van der Waals surface area contributed by atoms with Crippen molar-refractivity contribution >= 4 is 39.1 Å². The molecule has 3 heterocycles. The van der Waals surface area contributed by atoms with Gasteiger partial charge in [-0.15, -0.1) is 5.10 Å². The van der Waals surface area contributed by atoms with Gasteiger partial charge >= 0.3 is 12.2 Å². The zero-order chi connectivity index (χ0) is 28.3. The first-order valence-electron chi connectivity index (χ1n) is 10.9. The Bertz CT molecular complexity index is 1690. The summed E-state index contributed by atoms with van der Waals surface area (Å²) in [5.74, 6) is -2.47. The van der Waals surface area contributed by atoms with Crippen molar-refractivity contribution in [1.82, 2.24) is 19.7 Å². The van der Waals surface area contributed by atoms with Gasteiger partial charge in [-0.3, -0.25) is 15.2 Å². The lowest BCUT2D eigenvalue weighted by Gasteiger charge is -2.18. The molecule has 0 fully saturated rings. The Hall–Kier alpha value is -4.11. The topological polar surface area (TPSA) is 110 Å². The van der Waals surface area contributed by atoms with Crippen molar-refractivity contribution in [1.29, 1.82) is 0 Å². The largest absolute Gasteiger partial charge is 0.417 e. The second-order valence-electron chi connectivity index (χ2n) is 8.27. The van der Waals surface area contributed by atoms with Gasteiger partial charge in [0.15, 0.2) is 15.7 Å². The lowest BCUT2D eigenvalue weighted by atomic mass is 9.97. The van der Waals surface area contributed by atoms with Gasteiger partial charge in [0.1, 0.15) is 17.7 Å². The third kappa shape index (κ3) is 4.78. The predicted molar refractivity (Wildman–Crippen MR) is 130 cm³/mol. The number of nitrogens with one attached hydrogen (secondary N) is 1. The predicted octanol–water partition coefficient (Wildman–Crippen LogP) is 5.33. The second-order valence-corrected chi connectivity index (χ2v) is 10.4. The fourth-order valence-electron chi connectivity index (χ4n) is 3.93. The van der Waals surface area contributed by atoms with Gasteiger partial charge in [-0.2, -0.15) is 18.2 Å². The number of hydrogen-bond acceptors (Lipinski definition) is 6. The van der Waals surface area contributed by atoms with Crippen LogP contribution < -0.4 is 5.32 Å². The Morgan fingerprint density at radius 3 is 2.31 bits per heavy atom. The molecule has 0 saturated carbocycles. The van der Waals surface area contributed by atoms with Gasteiger partial charge in [-0.05, 0) is 31.2 Å². The Morgan fingerprint density at radius 1 is 1.05 bits per heavy atom. The maximum atomic E-state index is 14.8. The first-order valence-corrected chi connectivity index (χ1v) is 12.9. The van der Waals surface area contributed by atoms with E-state index < -0.39 is 67.1 Å². The molecule has 1 atom stereocenters. The van der Waals surface area contributed by atoms with Gasteiger partial charge < -0.3 is 0 Å². The van der Waals surface area contributed by atoms with E-state index in [1.165, 1.54) is 6.92 Å². The van der Waals surface area contributed by atoms with Crippen LogP contribution in [0.2, 0.25) is 5.02 Å². The molecule has 1 aromatic heterocycles. The van der Waals surface area contributed by atoms with Crippen molar-refractivity contribution in [3.63, 3.8) is 0 Å². The maximum absolute atomic E-state index is 14.8. The molecule has 202 valence electrons. The summed E-state index contributed by atoms with van der Waals surface area (Å²) < 4.78 is 94.9. The molecule has 2 amide bonds. The number of sulfone groups is 1. The lowest BCUT2D eigenvalue weighted by Crippen LogP contribution is -2.28. The standard InChI is InChI=1S/C23H14ClF5N6O3S/c1-11-20-31-21(32-22(36)34-7-9-39(37,38)10-8-34)33-35(20)15-6-5-12(23(27,28)29)18(24)17(15)19(30-11)16-13(25)3-2-4-14(16)26/h2-11H,1H3,(H,32,33,36)/t11-/m0/s1. The molecule has 0 aliphatic carbocycles. The summed E-state index contributed by atoms with van der Waals surface area (Å²) in [6.45, 7) is 1.45. The number of carbonyl (C=O) groups is 1. The average molecular weight is 585 g/mol. The van der Waals surface area contributed by atoms with E-state index in [0.717, 1.165) is 57.1 Å². The first-order chi connectivity index (χ1) is 18.3. The van der Waals surface area contributed by atoms with Gasteiger partial charge in [0.05, 0.1) is 38.4 Å². The fourth-order valence-corrected chi connectivity index (χ4v) is 4.98. The minimum atomic E-state index is -4.91. The average Bonchev–Trinajstić information content (AvgIpc) is 3.21. The SMILES string of the molecule is C[C@@H]1N=C(c2c(F)cccc2F)c2c(ccc(C(F)(F)F)c2Cl)-n2nc(NC(=O)N3C=CS(=O)(=O)C=C3)nc21. The molecule has 0 bridgehead atoms. The van der Waals surface area contributed by atoms with Gasteiger partial charge in [-0.25, -0.2) is 26.7 Å². The Kier molecular flexibility index (Phi) is 6.30. The third-order valence-electron chi connectivity index (χ3n) is 5.69. The minimum absolute atomic E-state index is 0.00132. The van der Waals surface area contributed by atoms with Crippen LogP contribution in [0.15, 0.2) is 58.5 Å². The van der Waals surface area contributed by atoms with Gasteiger partial charge in [-0.1, -0.05) is 17.7 Å². The highest BCUT2D eigenvalue weighted by molar-refractivity contribution is 7.97. The number of halogens is 6. The zero-order valence-electron chi connectivity index (χ0n) is 19.4. The second kappa shape index (κ2) is 9.27. The Labute approximate surface area is 221 Å². The monoisotopic (exact) mass is 584 g/mol. The van der Waals surface area contributed by atoms with E-state index in [4.69, 9.17) is 11.6 Å². The normalized spacial score (nSPS) is 17.8. The quantitative estimate of drug-likeness (QED) is 0.409. The molecule has 0 radical (unpaired) electrons. The smallest absolute Gasteiger partial charge is 0.275 e. The van der Waals surface area contributed by atoms with Crippen LogP contribution in [0.5, 0.6) is 0 Å². The van der Waals surface area contributed by atoms with Gasteiger partial charge in [0, 0.05) is 18.0 Å². The van der Waals surface area contributed by atoms with Gasteiger partial charge in [0.2, 0.25) is 0 Å². The van der Waals surface area contributed by atoms with Crippen molar-refractivity contribution in [2.45, 2.75) is 19.1 Å². The third-order valence-corrected chi connectivity index (χ3v) is 7.09. The molecule has 2 aromatic carbocycles. The molecule has 0 saturated heterocycles. The van der Waals surface area contributed by atoms with Crippen LogP contribution in [0.4, 0.5) is 32.7 Å². The number of aromatic nitrogens is 3. The molecule has 9 nitrogen and oxygen atoms in total. The number of fused-ring (bicyclic) bond motifs is 3. The van der Waals surface area contributed by atoms with Crippen LogP contribution >= 0.6 is 11.6 Å². The summed E-state index contributed by atoms with van der Waals surface area (Å²) >= 11 is 6.22.